The number of hydrogen-bond donors (Lipinski definition) is 0. The Morgan fingerprint density at radius 3 is 2.54 bits per heavy atom. The molecule has 0 saturated carbocycles. The molecule has 0 atom stereocenters. The van der Waals surface area contributed by atoms with Crippen LogP contribution in [0.15, 0.2) is 76.2 Å². The predicted molar refractivity (Wildman–Crippen MR) is 102 cm³/mol. The monoisotopic (exact) mass is 377 g/mol. The second kappa shape index (κ2) is 7.48. The molecule has 0 amide bonds. The van der Waals surface area contributed by atoms with E-state index in [0.29, 0.717) is 34.8 Å². The van der Waals surface area contributed by atoms with Crippen molar-refractivity contribution in [3.63, 3.8) is 0 Å². The van der Waals surface area contributed by atoms with Crippen molar-refractivity contribution in [2.24, 2.45) is 0 Å². The Hall–Kier alpha value is -3.74. The van der Waals surface area contributed by atoms with Crippen LogP contribution in [0.3, 0.4) is 0 Å². The van der Waals surface area contributed by atoms with Gasteiger partial charge in [-0.15, -0.1) is 0 Å². The molecule has 2 aromatic carbocycles. The second-order valence-electron chi connectivity index (χ2n) is 5.94. The third-order valence-corrected chi connectivity index (χ3v) is 4.13. The Labute approximate surface area is 159 Å². The first-order chi connectivity index (χ1) is 13.7. The van der Waals surface area contributed by atoms with Crippen molar-refractivity contribution in [2.45, 2.75) is 13.5 Å². The fourth-order valence-electron chi connectivity index (χ4n) is 2.88. The van der Waals surface area contributed by atoms with Gasteiger partial charge in [0.25, 0.3) is 0 Å². The normalized spacial score (nSPS) is 10.8. The van der Waals surface area contributed by atoms with Gasteiger partial charge < -0.3 is 9.26 Å². The van der Waals surface area contributed by atoms with E-state index < -0.39 is 5.63 Å². The van der Waals surface area contributed by atoms with Crippen LogP contribution in [0.2, 0.25) is 0 Å². The first kappa shape index (κ1) is 17.7. The third kappa shape index (κ3) is 3.42. The lowest BCUT2D eigenvalue weighted by molar-refractivity contribution is 0.263. The number of halogens is 1. The Morgan fingerprint density at radius 2 is 1.82 bits per heavy atom. The molecule has 6 nitrogen and oxygen atoms in total. The Balaban J connectivity index is 1.82. The lowest BCUT2D eigenvalue weighted by Crippen LogP contribution is -2.00. The summed E-state index contributed by atoms with van der Waals surface area (Å²) in [5, 5.41) is 0. The number of aromatic nitrogens is 3. The number of aryl methyl sites for hydroxylation is 1. The molecule has 7 heteroatoms. The van der Waals surface area contributed by atoms with Gasteiger partial charge >= 0.3 is 11.6 Å². The predicted octanol–water partition coefficient (Wildman–Crippen LogP) is 4.52. The van der Waals surface area contributed by atoms with Crippen LogP contribution in [0.1, 0.15) is 6.92 Å². The van der Waals surface area contributed by atoms with Gasteiger partial charge in [-0.05, 0) is 42.8 Å². The van der Waals surface area contributed by atoms with Crippen molar-refractivity contribution >= 4 is 0 Å². The van der Waals surface area contributed by atoms with Crippen LogP contribution in [-0.4, -0.2) is 14.7 Å². The standard InChI is InChI=1S/C21H16FN3O3/c1-2-25-19(18(20(26)28-25)14-8-10-15(22)11-9-14)17-12-13-23-21(24-17)27-16-6-4-3-5-7-16/h3-13H,2H2,1H3. The van der Waals surface area contributed by atoms with Gasteiger partial charge in [0.05, 0.1) is 17.8 Å². The molecule has 0 fully saturated rings. The highest BCUT2D eigenvalue weighted by Gasteiger charge is 2.22. The van der Waals surface area contributed by atoms with Crippen LogP contribution < -0.4 is 10.4 Å². The van der Waals surface area contributed by atoms with Gasteiger partial charge in [-0.1, -0.05) is 30.3 Å². The lowest BCUT2D eigenvalue weighted by atomic mass is 10.0. The summed E-state index contributed by atoms with van der Waals surface area (Å²) < 4.78 is 25.8. The molecule has 140 valence electrons. The fraction of sp³-hybridized carbons (Fsp3) is 0.0952. The molecule has 0 aliphatic rings. The first-order valence-corrected chi connectivity index (χ1v) is 8.72. The van der Waals surface area contributed by atoms with Gasteiger partial charge in [0, 0.05) is 6.20 Å². The number of benzene rings is 2. The summed E-state index contributed by atoms with van der Waals surface area (Å²) in [6, 6.07) is 16.6. The van der Waals surface area contributed by atoms with E-state index in [1.807, 2.05) is 25.1 Å². The van der Waals surface area contributed by atoms with E-state index in [2.05, 4.69) is 9.97 Å². The van der Waals surface area contributed by atoms with Crippen molar-refractivity contribution in [1.82, 2.24) is 14.7 Å². The summed E-state index contributed by atoms with van der Waals surface area (Å²) >= 11 is 0. The molecule has 0 radical (unpaired) electrons. The average Bonchev–Trinajstić information content (AvgIpc) is 3.06. The van der Waals surface area contributed by atoms with Crippen LogP contribution in [0, 0.1) is 5.82 Å². The van der Waals surface area contributed by atoms with Crippen molar-refractivity contribution in [3.05, 3.63) is 83.1 Å². The number of ether oxygens (including phenoxy) is 1. The van der Waals surface area contributed by atoms with Crippen molar-refractivity contribution in [1.29, 1.82) is 0 Å². The van der Waals surface area contributed by atoms with E-state index in [1.165, 1.54) is 29.0 Å². The Kier molecular flexibility index (Phi) is 4.72. The first-order valence-electron chi connectivity index (χ1n) is 8.72. The average molecular weight is 377 g/mol. The van der Waals surface area contributed by atoms with E-state index in [1.54, 1.807) is 24.4 Å². The van der Waals surface area contributed by atoms with E-state index in [-0.39, 0.29) is 11.8 Å². The third-order valence-electron chi connectivity index (χ3n) is 4.13. The zero-order valence-corrected chi connectivity index (χ0v) is 15.0. The highest BCUT2D eigenvalue weighted by molar-refractivity contribution is 5.78. The topological polar surface area (TPSA) is 70.2 Å². The molecule has 28 heavy (non-hydrogen) atoms. The van der Waals surface area contributed by atoms with E-state index in [4.69, 9.17) is 9.26 Å². The lowest BCUT2D eigenvalue weighted by Gasteiger charge is -2.08. The van der Waals surface area contributed by atoms with Crippen molar-refractivity contribution < 1.29 is 13.7 Å². The maximum Gasteiger partial charge on any atom is 0.366 e. The van der Waals surface area contributed by atoms with Crippen LogP contribution in [0.5, 0.6) is 11.8 Å². The van der Waals surface area contributed by atoms with Gasteiger partial charge in [-0.2, -0.15) is 4.98 Å². The molecule has 0 unspecified atom stereocenters. The molecule has 0 bridgehead atoms. The SMILES string of the molecule is CCn1oc(=O)c(-c2ccc(F)cc2)c1-c1ccnc(Oc2ccccc2)n1. The quantitative estimate of drug-likeness (QED) is 0.512. The Morgan fingerprint density at radius 1 is 1.07 bits per heavy atom. The van der Waals surface area contributed by atoms with Crippen LogP contribution >= 0.6 is 0 Å². The molecule has 0 spiro atoms. The van der Waals surface area contributed by atoms with Crippen LogP contribution in [0.25, 0.3) is 22.5 Å². The number of rotatable bonds is 5. The molecular weight excluding hydrogens is 361 g/mol. The molecule has 0 saturated heterocycles. The van der Waals surface area contributed by atoms with Crippen LogP contribution in [-0.2, 0) is 6.54 Å². The molecule has 4 aromatic rings. The summed E-state index contributed by atoms with van der Waals surface area (Å²) in [5.74, 6) is 0.212. The van der Waals surface area contributed by atoms with E-state index >= 15 is 0 Å². The molecule has 0 aliphatic carbocycles. The van der Waals surface area contributed by atoms with E-state index in [9.17, 15) is 9.18 Å². The summed E-state index contributed by atoms with van der Waals surface area (Å²) in [4.78, 5) is 21.1. The maximum absolute atomic E-state index is 13.3. The molecule has 0 aliphatic heterocycles. The molecule has 2 aromatic heterocycles. The van der Waals surface area contributed by atoms with Crippen LogP contribution in [0.4, 0.5) is 4.39 Å². The van der Waals surface area contributed by atoms with Gasteiger partial charge in [0.2, 0.25) is 0 Å². The Bertz CT molecular complexity index is 1150. The van der Waals surface area contributed by atoms with Crippen molar-refractivity contribution in [2.75, 3.05) is 0 Å². The number of para-hydroxylation sites is 1. The zero-order valence-electron chi connectivity index (χ0n) is 15.0. The smallest absolute Gasteiger partial charge is 0.366 e. The summed E-state index contributed by atoms with van der Waals surface area (Å²) in [5.41, 5.74) is 1.28. The summed E-state index contributed by atoms with van der Waals surface area (Å²) in [6.07, 6.45) is 1.55. The highest BCUT2D eigenvalue weighted by atomic mass is 19.1. The summed E-state index contributed by atoms with van der Waals surface area (Å²) in [7, 11) is 0. The zero-order chi connectivity index (χ0) is 19.5. The fourth-order valence-corrected chi connectivity index (χ4v) is 2.88. The molecular formula is C21H16FN3O3. The highest BCUT2D eigenvalue weighted by Crippen LogP contribution is 2.30. The van der Waals surface area contributed by atoms with Crippen molar-refractivity contribution in [3.8, 4) is 34.3 Å². The van der Waals surface area contributed by atoms with Gasteiger partial charge in [-0.25, -0.2) is 18.9 Å². The largest absolute Gasteiger partial charge is 0.424 e. The molecule has 0 N–H and O–H groups in total. The molecule has 4 rings (SSSR count). The van der Waals surface area contributed by atoms with Gasteiger partial charge in [0.1, 0.15) is 17.3 Å². The number of nitrogens with zero attached hydrogens (tertiary/aromatic N) is 3. The van der Waals surface area contributed by atoms with Gasteiger partial charge in [-0.3, -0.25) is 0 Å². The minimum atomic E-state index is -0.521. The summed E-state index contributed by atoms with van der Waals surface area (Å²) in [6.45, 7) is 2.27. The minimum absolute atomic E-state index is 0.144. The van der Waals surface area contributed by atoms with E-state index in [0.717, 1.165) is 0 Å². The minimum Gasteiger partial charge on any atom is -0.424 e. The number of hydrogen-bond acceptors (Lipinski definition) is 5. The van der Waals surface area contributed by atoms with Gasteiger partial charge in [0.15, 0.2) is 0 Å². The maximum atomic E-state index is 13.3. The molecule has 2 heterocycles. The second-order valence-corrected chi connectivity index (χ2v) is 5.94.